The van der Waals surface area contributed by atoms with E-state index in [1.165, 1.54) is 0 Å². The smallest absolute Gasteiger partial charge is 0.174 e. The molecule has 0 aliphatic heterocycles. The Kier molecular flexibility index (Phi) is 6.22. The molecule has 0 atom stereocenters. The van der Waals surface area contributed by atoms with Crippen LogP contribution in [0.3, 0.4) is 0 Å². The van der Waals surface area contributed by atoms with E-state index in [0.717, 1.165) is 9.13 Å². The average molecular weight is 430 g/mol. The molecule has 4 nitrogen and oxygen atoms in total. The molecule has 0 aromatic heterocycles. The zero-order valence-corrected chi connectivity index (χ0v) is 15.5. The van der Waals surface area contributed by atoms with Gasteiger partial charge in [0.1, 0.15) is 0 Å². The van der Waals surface area contributed by atoms with E-state index in [4.69, 9.17) is 14.7 Å². The highest BCUT2D eigenvalue weighted by molar-refractivity contribution is 14.1. The van der Waals surface area contributed by atoms with Gasteiger partial charge < -0.3 is 9.47 Å². The van der Waals surface area contributed by atoms with Crippen molar-refractivity contribution in [1.29, 1.82) is 10.5 Å². The molecule has 5 heteroatoms. The van der Waals surface area contributed by atoms with Crippen molar-refractivity contribution in [3.8, 4) is 23.6 Å². The Labute approximate surface area is 155 Å². The van der Waals surface area contributed by atoms with E-state index in [-0.39, 0.29) is 0 Å². The molecule has 0 radical (unpaired) electrons. The van der Waals surface area contributed by atoms with Crippen molar-refractivity contribution in [2.24, 2.45) is 0 Å². The zero-order chi connectivity index (χ0) is 17.5. The van der Waals surface area contributed by atoms with Gasteiger partial charge in [-0.05, 0) is 71.0 Å². The Bertz CT molecular complexity index is 861. The van der Waals surface area contributed by atoms with Crippen molar-refractivity contribution in [2.75, 3.05) is 13.7 Å². The molecule has 2 rings (SSSR count). The van der Waals surface area contributed by atoms with Crippen LogP contribution in [0.2, 0.25) is 0 Å². The number of halogens is 1. The number of hydrogen-bond donors (Lipinski definition) is 0. The van der Waals surface area contributed by atoms with Crippen LogP contribution in [0.1, 0.15) is 23.6 Å². The van der Waals surface area contributed by atoms with Gasteiger partial charge in [0.2, 0.25) is 0 Å². The number of ether oxygens (including phenoxy) is 2. The fourth-order valence-corrected chi connectivity index (χ4v) is 2.99. The van der Waals surface area contributed by atoms with Gasteiger partial charge in [0.25, 0.3) is 0 Å². The summed E-state index contributed by atoms with van der Waals surface area (Å²) in [5, 5.41) is 18.5. The third kappa shape index (κ3) is 4.06. The lowest BCUT2D eigenvalue weighted by molar-refractivity contribution is 0.308. The lowest BCUT2D eigenvalue weighted by Crippen LogP contribution is -1.98. The molecule has 0 bridgehead atoms. The fourth-order valence-electron chi connectivity index (χ4n) is 2.21. The molecule has 0 heterocycles. The van der Waals surface area contributed by atoms with E-state index in [0.29, 0.717) is 34.8 Å². The van der Waals surface area contributed by atoms with Crippen molar-refractivity contribution in [2.45, 2.75) is 6.92 Å². The molecule has 0 saturated carbocycles. The van der Waals surface area contributed by atoms with Gasteiger partial charge in [-0.15, -0.1) is 0 Å². The van der Waals surface area contributed by atoms with Gasteiger partial charge in [0.05, 0.1) is 40.6 Å². The summed E-state index contributed by atoms with van der Waals surface area (Å²) in [4.78, 5) is 0. The number of methoxy groups -OCH3 is 1. The zero-order valence-electron chi connectivity index (χ0n) is 13.3. The van der Waals surface area contributed by atoms with Crippen LogP contribution < -0.4 is 9.47 Å². The molecule has 0 saturated heterocycles. The second kappa shape index (κ2) is 8.37. The van der Waals surface area contributed by atoms with Gasteiger partial charge in [-0.3, -0.25) is 0 Å². The minimum Gasteiger partial charge on any atom is -0.493 e. The first-order valence-electron chi connectivity index (χ1n) is 7.25. The molecule has 0 aliphatic carbocycles. The number of rotatable bonds is 5. The second-order valence-corrected chi connectivity index (χ2v) is 5.99. The van der Waals surface area contributed by atoms with Gasteiger partial charge in [-0.1, -0.05) is 12.1 Å². The molecule has 0 N–H and O–H groups in total. The fraction of sp³-hybridized carbons (Fsp3) is 0.158. The molecule has 2 aromatic carbocycles. The van der Waals surface area contributed by atoms with Gasteiger partial charge in [-0.25, -0.2) is 0 Å². The van der Waals surface area contributed by atoms with Crippen LogP contribution in [0, 0.1) is 26.2 Å². The molecule has 0 aliphatic rings. The van der Waals surface area contributed by atoms with E-state index in [1.54, 1.807) is 31.4 Å². The number of nitriles is 2. The van der Waals surface area contributed by atoms with Crippen LogP contribution in [0.4, 0.5) is 0 Å². The van der Waals surface area contributed by atoms with Crippen molar-refractivity contribution >= 4 is 34.2 Å². The summed E-state index contributed by atoms with van der Waals surface area (Å²) < 4.78 is 11.9. The number of nitrogens with zero attached hydrogens (tertiary/aromatic N) is 2. The Morgan fingerprint density at radius 2 is 2.04 bits per heavy atom. The SMILES string of the molecule is CCOc1c(I)cc(/C=C(/C#N)c2cccc(C#N)c2)cc1OC. The molecule has 0 unspecified atom stereocenters. The molecular formula is C19H15IN2O2. The maximum Gasteiger partial charge on any atom is 0.174 e. The quantitative estimate of drug-likeness (QED) is 0.394. The van der Waals surface area contributed by atoms with Crippen LogP contribution in [-0.2, 0) is 0 Å². The Morgan fingerprint density at radius 3 is 2.67 bits per heavy atom. The van der Waals surface area contributed by atoms with Gasteiger partial charge in [0.15, 0.2) is 11.5 Å². The Morgan fingerprint density at radius 1 is 1.25 bits per heavy atom. The summed E-state index contributed by atoms with van der Waals surface area (Å²) >= 11 is 2.18. The lowest BCUT2D eigenvalue weighted by Gasteiger charge is -2.12. The molecule has 24 heavy (non-hydrogen) atoms. The normalized spacial score (nSPS) is 10.6. The van der Waals surface area contributed by atoms with E-state index >= 15 is 0 Å². The third-order valence-corrected chi connectivity index (χ3v) is 4.08. The van der Waals surface area contributed by atoms with Crippen molar-refractivity contribution in [3.05, 3.63) is 56.7 Å². The molecule has 0 fully saturated rings. The predicted molar refractivity (Wildman–Crippen MR) is 102 cm³/mol. The summed E-state index contributed by atoms with van der Waals surface area (Å²) in [5.41, 5.74) is 2.54. The van der Waals surface area contributed by atoms with Gasteiger partial charge >= 0.3 is 0 Å². The molecule has 0 amide bonds. The van der Waals surface area contributed by atoms with E-state index in [2.05, 4.69) is 34.7 Å². The largest absolute Gasteiger partial charge is 0.493 e. The summed E-state index contributed by atoms with van der Waals surface area (Å²) in [6.45, 7) is 2.46. The van der Waals surface area contributed by atoms with Crippen LogP contribution in [-0.4, -0.2) is 13.7 Å². The second-order valence-electron chi connectivity index (χ2n) is 4.83. The first-order valence-corrected chi connectivity index (χ1v) is 8.33. The number of hydrogen-bond acceptors (Lipinski definition) is 4. The Balaban J connectivity index is 2.50. The van der Waals surface area contributed by atoms with Crippen LogP contribution in [0.15, 0.2) is 36.4 Å². The minimum atomic E-state index is 0.481. The number of benzene rings is 2. The van der Waals surface area contributed by atoms with Gasteiger partial charge in [-0.2, -0.15) is 10.5 Å². The molecule has 2 aromatic rings. The first-order chi connectivity index (χ1) is 11.6. The topological polar surface area (TPSA) is 66.0 Å². The van der Waals surface area contributed by atoms with Gasteiger partial charge in [0, 0.05) is 0 Å². The van der Waals surface area contributed by atoms with E-state index < -0.39 is 0 Å². The highest BCUT2D eigenvalue weighted by atomic mass is 127. The summed E-state index contributed by atoms with van der Waals surface area (Å²) in [5.74, 6) is 1.32. The van der Waals surface area contributed by atoms with Crippen LogP contribution >= 0.6 is 22.6 Å². The molecular weight excluding hydrogens is 415 g/mol. The molecule has 120 valence electrons. The summed E-state index contributed by atoms with van der Waals surface area (Å²) in [7, 11) is 1.59. The van der Waals surface area contributed by atoms with Crippen molar-refractivity contribution in [1.82, 2.24) is 0 Å². The third-order valence-electron chi connectivity index (χ3n) is 3.27. The Hall–Kier alpha value is -2.51. The first kappa shape index (κ1) is 17.8. The van der Waals surface area contributed by atoms with Crippen LogP contribution in [0.5, 0.6) is 11.5 Å². The van der Waals surface area contributed by atoms with Crippen molar-refractivity contribution < 1.29 is 9.47 Å². The van der Waals surface area contributed by atoms with E-state index in [9.17, 15) is 5.26 Å². The van der Waals surface area contributed by atoms with Crippen LogP contribution in [0.25, 0.3) is 11.6 Å². The molecule has 0 spiro atoms. The minimum absolute atomic E-state index is 0.481. The standard InChI is InChI=1S/C19H15IN2O2/c1-3-24-19-17(20)9-14(10-18(19)23-2)8-16(12-22)15-6-4-5-13(7-15)11-21/h4-10H,3H2,1-2H3/b16-8-. The maximum absolute atomic E-state index is 9.48. The highest BCUT2D eigenvalue weighted by Crippen LogP contribution is 2.35. The lowest BCUT2D eigenvalue weighted by atomic mass is 10.0. The predicted octanol–water partition coefficient (Wildman–Crippen LogP) is 4.63. The monoisotopic (exact) mass is 430 g/mol. The maximum atomic E-state index is 9.48. The van der Waals surface area contributed by atoms with Crippen molar-refractivity contribution in [3.63, 3.8) is 0 Å². The average Bonchev–Trinajstić information content (AvgIpc) is 2.61. The van der Waals surface area contributed by atoms with E-state index in [1.807, 2.05) is 25.1 Å². The highest BCUT2D eigenvalue weighted by Gasteiger charge is 2.11. The summed E-state index contributed by atoms with van der Waals surface area (Å²) in [6, 6.07) is 15.0. The number of allylic oxidation sites excluding steroid dienone is 1. The summed E-state index contributed by atoms with van der Waals surface area (Å²) in [6.07, 6.45) is 1.77.